The van der Waals surface area contributed by atoms with Gasteiger partial charge in [0, 0.05) is 22.0 Å². The van der Waals surface area contributed by atoms with Gasteiger partial charge in [-0.3, -0.25) is 14.4 Å². The standard InChI is InChI=1S/C25H16Cl2F3N3O3/c1-13-5-8-16(26)12-19(13)33-23(35)20(27)21(24(33)36)31-17-9-6-14(7-10-17)22(34)32-18-4-2-3-15(11-18)25(28,29)30/h2-12,31H,1H3,(H,32,34). The van der Waals surface area contributed by atoms with E-state index in [1.54, 1.807) is 19.1 Å². The molecule has 1 aliphatic rings. The fourth-order valence-electron chi connectivity index (χ4n) is 3.48. The molecule has 184 valence electrons. The van der Waals surface area contributed by atoms with Crippen LogP contribution in [0.1, 0.15) is 21.5 Å². The first-order valence-electron chi connectivity index (χ1n) is 10.4. The number of anilines is 3. The van der Waals surface area contributed by atoms with E-state index in [0.29, 0.717) is 22.0 Å². The number of benzene rings is 3. The molecule has 3 aromatic rings. The van der Waals surface area contributed by atoms with E-state index < -0.39 is 29.5 Å². The maximum atomic E-state index is 13.0. The number of carbonyl (C=O) groups excluding carboxylic acids is 3. The number of aryl methyl sites for hydroxylation is 1. The van der Waals surface area contributed by atoms with Crippen LogP contribution < -0.4 is 15.5 Å². The predicted octanol–water partition coefficient (Wildman–Crippen LogP) is 6.36. The Morgan fingerprint density at radius 1 is 0.889 bits per heavy atom. The van der Waals surface area contributed by atoms with Gasteiger partial charge >= 0.3 is 6.18 Å². The Morgan fingerprint density at radius 3 is 2.25 bits per heavy atom. The van der Waals surface area contributed by atoms with Gasteiger partial charge in [0.15, 0.2) is 0 Å². The first kappa shape index (κ1) is 25.3. The van der Waals surface area contributed by atoms with Crippen molar-refractivity contribution in [2.75, 3.05) is 15.5 Å². The van der Waals surface area contributed by atoms with Crippen LogP contribution in [-0.4, -0.2) is 17.7 Å². The van der Waals surface area contributed by atoms with Crippen LogP contribution in [0.15, 0.2) is 77.5 Å². The van der Waals surface area contributed by atoms with Gasteiger partial charge in [0.25, 0.3) is 17.7 Å². The van der Waals surface area contributed by atoms with E-state index >= 15 is 0 Å². The van der Waals surface area contributed by atoms with Crippen molar-refractivity contribution in [2.45, 2.75) is 13.1 Å². The van der Waals surface area contributed by atoms with Crippen molar-refractivity contribution in [3.05, 3.63) is 99.2 Å². The van der Waals surface area contributed by atoms with Gasteiger partial charge < -0.3 is 10.6 Å². The summed E-state index contributed by atoms with van der Waals surface area (Å²) in [4.78, 5) is 39.1. The van der Waals surface area contributed by atoms with Crippen LogP contribution >= 0.6 is 23.2 Å². The second-order valence-corrected chi connectivity index (χ2v) is 8.61. The first-order valence-corrected chi connectivity index (χ1v) is 11.1. The molecular weight excluding hydrogens is 518 g/mol. The normalized spacial score (nSPS) is 13.9. The summed E-state index contributed by atoms with van der Waals surface area (Å²) in [6.45, 7) is 1.72. The predicted molar refractivity (Wildman–Crippen MR) is 131 cm³/mol. The number of hydrogen-bond acceptors (Lipinski definition) is 4. The minimum absolute atomic E-state index is 0.0135. The zero-order chi connectivity index (χ0) is 26.2. The zero-order valence-electron chi connectivity index (χ0n) is 18.4. The van der Waals surface area contributed by atoms with E-state index in [1.807, 2.05) is 0 Å². The van der Waals surface area contributed by atoms with Gasteiger partial charge in [-0.2, -0.15) is 13.2 Å². The molecule has 6 nitrogen and oxygen atoms in total. The molecule has 0 saturated carbocycles. The topological polar surface area (TPSA) is 78.5 Å². The third-order valence-electron chi connectivity index (χ3n) is 5.30. The van der Waals surface area contributed by atoms with Crippen molar-refractivity contribution in [1.29, 1.82) is 0 Å². The van der Waals surface area contributed by atoms with E-state index in [0.717, 1.165) is 17.0 Å². The van der Waals surface area contributed by atoms with Crippen molar-refractivity contribution in [3.63, 3.8) is 0 Å². The molecule has 0 fully saturated rings. The maximum Gasteiger partial charge on any atom is 0.416 e. The Labute approximate surface area is 213 Å². The summed E-state index contributed by atoms with van der Waals surface area (Å²) in [5.74, 6) is -2.03. The van der Waals surface area contributed by atoms with Crippen molar-refractivity contribution in [1.82, 2.24) is 0 Å². The Hall–Kier alpha value is -3.82. The Kier molecular flexibility index (Phi) is 6.79. The molecule has 1 aliphatic heterocycles. The van der Waals surface area contributed by atoms with E-state index in [1.165, 1.54) is 42.5 Å². The lowest BCUT2D eigenvalue weighted by molar-refractivity contribution is -0.137. The SMILES string of the molecule is Cc1ccc(Cl)cc1N1C(=O)C(Cl)=C(Nc2ccc(C(=O)Nc3cccc(C(F)(F)F)c3)cc2)C1=O. The van der Waals surface area contributed by atoms with Gasteiger partial charge in [0.05, 0.1) is 11.3 Å². The van der Waals surface area contributed by atoms with Crippen LogP contribution in [0.4, 0.5) is 30.2 Å². The number of amides is 3. The Balaban J connectivity index is 1.49. The molecule has 1 heterocycles. The van der Waals surface area contributed by atoms with Gasteiger partial charge in [-0.05, 0) is 67.1 Å². The van der Waals surface area contributed by atoms with Crippen LogP contribution in [0.25, 0.3) is 0 Å². The molecule has 0 bridgehead atoms. The molecule has 0 radical (unpaired) electrons. The summed E-state index contributed by atoms with van der Waals surface area (Å²) in [6, 6.07) is 14.8. The lowest BCUT2D eigenvalue weighted by Crippen LogP contribution is -2.32. The number of hydrogen-bond donors (Lipinski definition) is 2. The molecule has 4 rings (SSSR count). The van der Waals surface area contributed by atoms with E-state index in [4.69, 9.17) is 23.2 Å². The van der Waals surface area contributed by atoms with Crippen molar-refractivity contribution in [3.8, 4) is 0 Å². The monoisotopic (exact) mass is 533 g/mol. The van der Waals surface area contributed by atoms with Gasteiger partial charge in [-0.1, -0.05) is 35.3 Å². The van der Waals surface area contributed by atoms with Crippen molar-refractivity contribution >= 4 is 58.0 Å². The van der Waals surface area contributed by atoms with E-state index in [9.17, 15) is 27.6 Å². The second kappa shape index (κ2) is 9.67. The highest BCUT2D eigenvalue weighted by molar-refractivity contribution is 6.53. The molecule has 3 aromatic carbocycles. The number of rotatable bonds is 5. The number of halogens is 5. The summed E-state index contributed by atoms with van der Waals surface area (Å²) in [5.41, 5.74) is 0.398. The van der Waals surface area contributed by atoms with Crippen LogP contribution in [0.3, 0.4) is 0 Å². The highest BCUT2D eigenvalue weighted by Crippen LogP contribution is 2.34. The highest BCUT2D eigenvalue weighted by atomic mass is 35.5. The summed E-state index contributed by atoms with van der Waals surface area (Å²) in [7, 11) is 0. The fourth-order valence-corrected chi connectivity index (χ4v) is 3.86. The third-order valence-corrected chi connectivity index (χ3v) is 5.89. The molecule has 0 aliphatic carbocycles. The van der Waals surface area contributed by atoms with Gasteiger partial charge in [0.1, 0.15) is 10.7 Å². The minimum Gasteiger partial charge on any atom is -0.350 e. The molecule has 0 atom stereocenters. The highest BCUT2D eigenvalue weighted by Gasteiger charge is 2.39. The average Bonchev–Trinajstić information content (AvgIpc) is 3.04. The van der Waals surface area contributed by atoms with Crippen molar-refractivity contribution < 1.29 is 27.6 Å². The van der Waals surface area contributed by atoms with Crippen LogP contribution in [-0.2, 0) is 15.8 Å². The zero-order valence-corrected chi connectivity index (χ0v) is 19.9. The summed E-state index contributed by atoms with van der Waals surface area (Å²) < 4.78 is 38.7. The minimum atomic E-state index is -4.54. The number of nitrogens with zero attached hydrogens (tertiary/aromatic N) is 1. The second-order valence-electron chi connectivity index (χ2n) is 7.80. The Bertz CT molecular complexity index is 1420. The molecular formula is C25H16Cl2F3N3O3. The summed E-state index contributed by atoms with van der Waals surface area (Å²) >= 11 is 12.2. The average molecular weight is 534 g/mol. The molecule has 0 unspecified atom stereocenters. The largest absolute Gasteiger partial charge is 0.416 e. The molecule has 3 amide bonds. The lowest BCUT2D eigenvalue weighted by Gasteiger charge is -2.17. The van der Waals surface area contributed by atoms with Crippen molar-refractivity contribution in [2.24, 2.45) is 0 Å². The maximum absolute atomic E-state index is 13.0. The fraction of sp³-hybridized carbons (Fsp3) is 0.0800. The number of alkyl halides is 3. The molecule has 0 saturated heterocycles. The quantitative estimate of drug-likeness (QED) is 0.374. The van der Waals surface area contributed by atoms with E-state index in [2.05, 4.69) is 10.6 Å². The first-order chi connectivity index (χ1) is 17.0. The summed E-state index contributed by atoms with van der Waals surface area (Å²) in [6.07, 6.45) is -4.54. The number of imide groups is 1. The smallest absolute Gasteiger partial charge is 0.350 e. The van der Waals surface area contributed by atoms with Crippen LogP contribution in [0, 0.1) is 6.92 Å². The molecule has 11 heteroatoms. The third kappa shape index (κ3) is 5.07. The van der Waals surface area contributed by atoms with Gasteiger partial charge in [-0.25, -0.2) is 4.90 Å². The van der Waals surface area contributed by atoms with Gasteiger partial charge in [-0.15, -0.1) is 0 Å². The lowest BCUT2D eigenvalue weighted by atomic mass is 10.1. The molecule has 0 spiro atoms. The molecule has 36 heavy (non-hydrogen) atoms. The molecule has 0 aromatic heterocycles. The van der Waals surface area contributed by atoms with Crippen LogP contribution in [0.5, 0.6) is 0 Å². The van der Waals surface area contributed by atoms with Gasteiger partial charge in [0.2, 0.25) is 0 Å². The van der Waals surface area contributed by atoms with Crippen LogP contribution in [0.2, 0.25) is 5.02 Å². The van der Waals surface area contributed by atoms with E-state index in [-0.39, 0.29) is 22.0 Å². The summed E-state index contributed by atoms with van der Waals surface area (Å²) in [5, 5.41) is 5.23. The Morgan fingerprint density at radius 2 is 1.58 bits per heavy atom. The molecule has 2 N–H and O–H groups in total. The number of nitrogens with one attached hydrogen (secondary N) is 2. The number of carbonyl (C=O) groups is 3.